The van der Waals surface area contributed by atoms with Crippen molar-refractivity contribution in [2.24, 2.45) is 0 Å². The zero-order valence-electron chi connectivity index (χ0n) is 14.3. The van der Waals surface area contributed by atoms with Crippen molar-refractivity contribution >= 4 is 0 Å². The molecule has 1 aliphatic heterocycles. The van der Waals surface area contributed by atoms with E-state index in [1.54, 1.807) is 11.1 Å². The van der Waals surface area contributed by atoms with E-state index < -0.39 is 0 Å². The summed E-state index contributed by atoms with van der Waals surface area (Å²) < 4.78 is 10.2. The van der Waals surface area contributed by atoms with E-state index in [-0.39, 0.29) is 0 Å². The molecular formula is C20H28O2. The molecule has 0 bridgehead atoms. The summed E-state index contributed by atoms with van der Waals surface area (Å²) in [6.45, 7) is 8.36. The lowest BCUT2D eigenvalue weighted by molar-refractivity contribution is 0.174. The fraction of sp³-hybridized carbons (Fsp3) is 0.400. The predicted molar refractivity (Wildman–Crippen MR) is 93.7 cm³/mol. The molecule has 0 fully saturated rings. The van der Waals surface area contributed by atoms with Crippen molar-refractivity contribution < 1.29 is 9.47 Å². The summed E-state index contributed by atoms with van der Waals surface area (Å²) in [4.78, 5) is 0. The van der Waals surface area contributed by atoms with Crippen molar-refractivity contribution in [1.29, 1.82) is 0 Å². The summed E-state index contributed by atoms with van der Waals surface area (Å²) in [6, 6.07) is 16.4. The van der Waals surface area contributed by atoms with Gasteiger partial charge in [0.25, 0.3) is 0 Å². The minimum atomic E-state index is 0.360. The van der Waals surface area contributed by atoms with E-state index in [0.29, 0.717) is 6.79 Å². The van der Waals surface area contributed by atoms with Crippen LogP contribution in [-0.2, 0) is 12.8 Å². The molecule has 120 valence electrons. The first-order valence-electron chi connectivity index (χ1n) is 8.35. The molecule has 1 aliphatic carbocycles. The molecule has 2 aromatic carbocycles. The highest BCUT2D eigenvalue weighted by Gasteiger charge is 2.09. The molecule has 0 N–H and O–H groups in total. The first kappa shape index (κ1) is 18.1. The van der Waals surface area contributed by atoms with E-state index in [2.05, 4.69) is 24.3 Å². The molecule has 0 unspecified atom stereocenters. The van der Waals surface area contributed by atoms with Crippen LogP contribution in [0.25, 0.3) is 0 Å². The highest BCUT2D eigenvalue weighted by molar-refractivity contribution is 5.40. The van der Waals surface area contributed by atoms with Crippen molar-refractivity contribution in [2.45, 2.75) is 47.0 Å². The SMILES string of the molecule is CC.CC.c1ccc2c(c1)CCC2.c1ccc2c(c1)OCO2. The zero-order valence-corrected chi connectivity index (χ0v) is 14.3. The predicted octanol–water partition coefficient (Wildman–Crippen LogP) is 5.64. The van der Waals surface area contributed by atoms with Crippen molar-refractivity contribution in [2.75, 3.05) is 6.79 Å². The number of fused-ring (bicyclic) bond motifs is 2. The van der Waals surface area contributed by atoms with Crippen molar-refractivity contribution in [1.82, 2.24) is 0 Å². The van der Waals surface area contributed by atoms with Crippen LogP contribution in [0.4, 0.5) is 0 Å². The second kappa shape index (κ2) is 10.7. The molecule has 2 aliphatic rings. The molecule has 2 heteroatoms. The molecule has 2 nitrogen and oxygen atoms in total. The number of ether oxygens (including phenoxy) is 2. The summed E-state index contributed by atoms with van der Waals surface area (Å²) in [5, 5.41) is 0. The maximum Gasteiger partial charge on any atom is 0.231 e. The van der Waals surface area contributed by atoms with Gasteiger partial charge < -0.3 is 9.47 Å². The second-order valence-electron chi connectivity index (χ2n) is 4.48. The van der Waals surface area contributed by atoms with Gasteiger partial charge in [-0.2, -0.15) is 0 Å². The van der Waals surface area contributed by atoms with E-state index in [1.165, 1.54) is 19.3 Å². The first-order chi connectivity index (χ1) is 10.9. The number of benzene rings is 2. The molecule has 1 heterocycles. The van der Waals surface area contributed by atoms with E-state index in [0.717, 1.165) is 11.5 Å². The van der Waals surface area contributed by atoms with Crippen LogP contribution in [0.5, 0.6) is 11.5 Å². The van der Waals surface area contributed by atoms with E-state index in [9.17, 15) is 0 Å². The average Bonchev–Trinajstić information content (AvgIpc) is 3.28. The number of aryl methyl sites for hydroxylation is 2. The molecule has 4 rings (SSSR count). The first-order valence-corrected chi connectivity index (χ1v) is 8.35. The largest absolute Gasteiger partial charge is 0.454 e. The Morgan fingerprint density at radius 1 is 0.636 bits per heavy atom. The summed E-state index contributed by atoms with van der Waals surface area (Å²) in [5.41, 5.74) is 3.13. The smallest absolute Gasteiger partial charge is 0.231 e. The van der Waals surface area contributed by atoms with Crippen LogP contribution in [0, 0.1) is 0 Å². The van der Waals surface area contributed by atoms with Gasteiger partial charge in [-0.15, -0.1) is 0 Å². The standard InChI is InChI=1S/C9H10.C7H6O2.2C2H6/c1-2-5-9-7-3-6-8(9)4-1;1-2-4-7-6(3-1)8-5-9-7;2*1-2/h1-2,4-5H,3,6-7H2;1-4H,5H2;2*1-2H3. The summed E-state index contributed by atoms with van der Waals surface area (Å²) in [6.07, 6.45) is 3.96. The fourth-order valence-corrected chi connectivity index (χ4v) is 2.36. The fourth-order valence-electron chi connectivity index (χ4n) is 2.36. The van der Waals surface area contributed by atoms with Gasteiger partial charge in [0.15, 0.2) is 11.5 Å². The molecule has 2 aromatic rings. The van der Waals surface area contributed by atoms with Gasteiger partial charge >= 0.3 is 0 Å². The highest BCUT2D eigenvalue weighted by Crippen LogP contribution is 2.30. The van der Waals surface area contributed by atoms with Crippen molar-refractivity contribution in [3.63, 3.8) is 0 Å². The molecule has 22 heavy (non-hydrogen) atoms. The molecule has 0 amide bonds. The average molecular weight is 300 g/mol. The maximum atomic E-state index is 5.08. The van der Waals surface area contributed by atoms with Gasteiger partial charge in [-0.3, -0.25) is 0 Å². The Hall–Kier alpha value is -1.96. The molecular weight excluding hydrogens is 272 g/mol. The number of rotatable bonds is 0. The Labute approximate surface area is 135 Å². The molecule has 0 saturated carbocycles. The molecule has 0 radical (unpaired) electrons. The van der Waals surface area contributed by atoms with Gasteiger partial charge in [-0.25, -0.2) is 0 Å². The normalized spacial score (nSPS) is 12.5. The van der Waals surface area contributed by atoms with Crippen LogP contribution in [0.2, 0.25) is 0 Å². The van der Waals surface area contributed by atoms with Crippen LogP contribution in [-0.4, -0.2) is 6.79 Å². The van der Waals surface area contributed by atoms with Crippen LogP contribution in [0.1, 0.15) is 45.2 Å². The van der Waals surface area contributed by atoms with Crippen LogP contribution in [0.3, 0.4) is 0 Å². The van der Waals surface area contributed by atoms with Gasteiger partial charge in [0.05, 0.1) is 0 Å². The van der Waals surface area contributed by atoms with Crippen LogP contribution >= 0.6 is 0 Å². The third-order valence-corrected chi connectivity index (χ3v) is 3.29. The molecule has 0 saturated heterocycles. The molecule has 0 aromatic heterocycles. The Morgan fingerprint density at radius 3 is 1.50 bits per heavy atom. The minimum Gasteiger partial charge on any atom is -0.454 e. The highest BCUT2D eigenvalue weighted by atomic mass is 16.7. The lowest BCUT2D eigenvalue weighted by Crippen LogP contribution is -1.92. The van der Waals surface area contributed by atoms with E-state index in [1.807, 2.05) is 52.0 Å². The Balaban J connectivity index is 0.000000180. The third-order valence-electron chi connectivity index (χ3n) is 3.29. The van der Waals surface area contributed by atoms with Crippen LogP contribution < -0.4 is 9.47 Å². The lowest BCUT2D eigenvalue weighted by atomic mass is 10.1. The van der Waals surface area contributed by atoms with E-state index in [4.69, 9.17) is 9.47 Å². The Bertz CT molecular complexity index is 439. The monoisotopic (exact) mass is 300 g/mol. The van der Waals surface area contributed by atoms with Gasteiger partial charge in [0.1, 0.15) is 0 Å². The van der Waals surface area contributed by atoms with Crippen molar-refractivity contribution in [3.05, 3.63) is 59.7 Å². The molecule has 0 atom stereocenters. The Kier molecular flexibility index (Phi) is 8.82. The summed E-state index contributed by atoms with van der Waals surface area (Å²) >= 11 is 0. The van der Waals surface area contributed by atoms with Gasteiger partial charge in [0.2, 0.25) is 6.79 Å². The van der Waals surface area contributed by atoms with Gasteiger partial charge in [-0.1, -0.05) is 64.1 Å². The number of hydrogen-bond donors (Lipinski definition) is 0. The third kappa shape index (κ3) is 5.10. The molecule has 0 spiro atoms. The zero-order chi connectivity index (χ0) is 16.2. The minimum absolute atomic E-state index is 0.360. The Morgan fingerprint density at radius 2 is 1.05 bits per heavy atom. The quantitative estimate of drug-likeness (QED) is 0.626. The maximum absolute atomic E-state index is 5.08. The summed E-state index contributed by atoms with van der Waals surface area (Å²) in [5.74, 6) is 1.69. The second-order valence-corrected chi connectivity index (χ2v) is 4.48. The topological polar surface area (TPSA) is 18.5 Å². The number of hydrogen-bond acceptors (Lipinski definition) is 2. The van der Waals surface area contributed by atoms with Crippen LogP contribution in [0.15, 0.2) is 48.5 Å². The number of para-hydroxylation sites is 2. The van der Waals surface area contributed by atoms with E-state index >= 15 is 0 Å². The van der Waals surface area contributed by atoms with Gasteiger partial charge in [0, 0.05) is 0 Å². The van der Waals surface area contributed by atoms with Gasteiger partial charge in [-0.05, 0) is 42.5 Å². The summed E-state index contributed by atoms with van der Waals surface area (Å²) in [7, 11) is 0. The van der Waals surface area contributed by atoms with Crippen molar-refractivity contribution in [3.8, 4) is 11.5 Å². The lowest BCUT2D eigenvalue weighted by Gasteiger charge is -1.93.